The lowest BCUT2D eigenvalue weighted by molar-refractivity contribution is -0.514. The van der Waals surface area contributed by atoms with Crippen molar-refractivity contribution in [2.45, 2.75) is 12.5 Å². The highest BCUT2D eigenvalue weighted by Crippen LogP contribution is 2.15. The summed E-state index contributed by atoms with van der Waals surface area (Å²) in [6.07, 6.45) is 2.71. The summed E-state index contributed by atoms with van der Waals surface area (Å²) in [4.78, 5) is 12.6. The zero-order chi connectivity index (χ0) is 14.3. The normalized spacial score (nSPS) is 15.7. The molecule has 0 saturated carbocycles. The predicted octanol–water partition coefficient (Wildman–Crippen LogP) is -1.64. The standard InChI is InChI=1S/C11H22N2O5Si/c1-16-19(17-2,18-3)8-4-5-12-6-7-13(10-12)9-11(14)15/h10H,4-9H2,1-3H3. The number of rotatable bonds is 9. The molecule has 7 nitrogen and oxygen atoms in total. The van der Waals surface area contributed by atoms with E-state index in [1.807, 2.05) is 6.34 Å². The van der Waals surface area contributed by atoms with Crippen molar-refractivity contribution in [3.63, 3.8) is 0 Å². The van der Waals surface area contributed by atoms with Gasteiger partial charge < -0.3 is 23.2 Å². The number of carboxylic acids is 1. The Morgan fingerprint density at radius 3 is 2.53 bits per heavy atom. The van der Waals surface area contributed by atoms with Crippen molar-refractivity contribution in [3.8, 4) is 0 Å². The van der Waals surface area contributed by atoms with Crippen LogP contribution in [0.5, 0.6) is 0 Å². The first-order valence-corrected chi connectivity index (χ1v) is 8.17. The van der Waals surface area contributed by atoms with E-state index in [0.29, 0.717) is 0 Å². The maximum absolute atomic E-state index is 10.5. The third kappa shape index (κ3) is 4.90. The highest BCUT2D eigenvalue weighted by atomic mass is 28.4. The quantitative estimate of drug-likeness (QED) is 0.375. The van der Waals surface area contributed by atoms with Gasteiger partial charge in [0.2, 0.25) is 6.34 Å². The first-order chi connectivity index (χ1) is 9.05. The first-order valence-electron chi connectivity index (χ1n) is 6.23. The predicted molar refractivity (Wildman–Crippen MR) is 68.8 cm³/mol. The van der Waals surface area contributed by atoms with Crippen LogP contribution in [0.25, 0.3) is 0 Å². The maximum atomic E-state index is 10.5. The van der Waals surface area contributed by atoms with Crippen molar-refractivity contribution in [1.29, 1.82) is 0 Å². The van der Waals surface area contributed by atoms with Crippen LogP contribution in [-0.2, 0) is 18.1 Å². The molecule has 0 saturated heterocycles. The van der Waals surface area contributed by atoms with Gasteiger partial charge in [0.1, 0.15) is 19.6 Å². The molecular weight excluding hydrogens is 268 g/mol. The number of aliphatic carboxylic acids is 1. The van der Waals surface area contributed by atoms with Gasteiger partial charge in [-0.05, 0) is 6.42 Å². The molecule has 0 aliphatic carbocycles. The number of carbonyl (C=O) groups is 1. The van der Waals surface area contributed by atoms with E-state index in [1.165, 1.54) is 0 Å². The molecule has 1 rings (SSSR count). The summed E-state index contributed by atoms with van der Waals surface area (Å²) >= 11 is 0. The first kappa shape index (κ1) is 16.1. The molecule has 0 atom stereocenters. The fourth-order valence-electron chi connectivity index (χ4n) is 2.11. The highest BCUT2D eigenvalue weighted by Gasteiger charge is 2.37. The van der Waals surface area contributed by atoms with Crippen molar-refractivity contribution in [1.82, 2.24) is 4.90 Å². The number of carboxylic acid groups (broad SMARTS) is 1. The molecule has 1 heterocycles. The van der Waals surface area contributed by atoms with Gasteiger partial charge in [-0.2, -0.15) is 0 Å². The van der Waals surface area contributed by atoms with E-state index in [0.717, 1.165) is 32.1 Å². The van der Waals surface area contributed by atoms with Gasteiger partial charge in [0.05, 0.1) is 12.5 Å². The van der Waals surface area contributed by atoms with E-state index in [2.05, 4.69) is 4.90 Å². The molecule has 8 heteroatoms. The Labute approximate surface area is 114 Å². The Balaban J connectivity index is 2.34. The Morgan fingerprint density at radius 1 is 1.37 bits per heavy atom. The third-order valence-electron chi connectivity index (χ3n) is 3.19. The van der Waals surface area contributed by atoms with Crippen molar-refractivity contribution >= 4 is 21.1 Å². The summed E-state index contributed by atoms with van der Waals surface area (Å²) in [5.41, 5.74) is 0. The number of hydrogen-bond donors (Lipinski definition) is 0. The topological polar surface area (TPSA) is 74.1 Å². The van der Waals surface area contributed by atoms with Crippen molar-refractivity contribution < 1.29 is 27.8 Å². The van der Waals surface area contributed by atoms with Crippen LogP contribution < -0.4 is 5.11 Å². The molecule has 0 bridgehead atoms. The molecule has 0 spiro atoms. The highest BCUT2D eigenvalue weighted by molar-refractivity contribution is 6.60. The average Bonchev–Trinajstić information content (AvgIpc) is 2.82. The molecule has 1 aliphatic heterocycles. The molecule has 0 N–H and O–H groups in total. The Bertz CT molecular complexity index is 325. The van der Waals surface area contributed by atoms with Gasteiger partial charge >= 0.3 is 8.80 Å². The summed E-state index contributed by atoms with van der Waals surface area (Å²) in [5, 5.41) is 10.5. The van der Waals surface area contributed by atoms with Gasteiger partial charge in [-0.15, -0.1) is 0 Å². The second-order valence-electron chi connectivity index (χ2n) is 4.39. The van der Waals surface area contributed by atoms with Gasteiger partial charge in [-0.3, -0.25) is 9.48 Å². The van der Waals surface area contributed by atoms with Crippen LogP contribution in [0.2, 0.25) is 6.04 Å². The van der Waals surface area contributed by atoms with E-state index in [4.69, 9.17) is 13.3 Å². The Kier molecular flexibility index (Phi) is 6.42. The molecule has 0 aromatic heterocycles. The van der Waals surface area contributed by atoms with Crippen molar-refractivity contribution in [2.24, 2.45) is 0 Å². The molecular formula is C11H22N2O5Si. The fourth-order valence-corrected chi connectivity index (χ4v) is 3.82. The number of nitrogens with zero attached hydrogens (tertiary/aromatic N) is 2. The van der Waals surface area contributed by atoms with Gasteiger partial charge in [-0.1, -0.05) is 0 Å². The third-order valence-corrected chi connectivity index (χ3v) is 6.03. The second kappa shape index (κ2) is 7.58. The second-order valence-corrected chi connectivity index (χ2v) is 7.48. The van der Waals surface area contributed by atoms with Crippen LogP contribution in [0, 0.1) is 0 Å². The SMILES string of the molecule is CO[Si](CCCN1C=[N+](CC(=O)[O-])CC1)(OC)OC. The van der Waals surface area contributed by atoms with Crippen LogP contribution in [-0.4, -0.2) is 78.1 Å². The summed E-state index contributed by atoms with van der Waals surface area (Å²) in [6, 6.07) is 0.737. The van der Waals surface area contributed by atoms with Gasteiger partial charge in [0.25, 0.3) is 0 Å². The summed E-state index contributed by atoms with van der Waals surface area (Å²) in [5.74, 6) is -1.05. The van der Waals surface area contributed by atoms with E-state index >= 15 is 0 Å². The van der Waals surface area contributed by atoms with Crippen LogP contribution in [0.3, 0.4) is 0 Å². The van der Waals surface area contributed by atoms with E-state index in [1.54, 1.807) is 25.9 Å². The smallest absolute Gasteiger partial charge is 0.500 e. The lowest BCUT2D eigenvalue weighted by atomic mass is 10.4. The fraction of sp³-hybridized carbons (Fsp3) is 0.818. The lowest BCUT2D eigenvalue weighted by Crippen LogP contribution is -2.43. The Hall–Kier alpha value is -0.963. The van der Waals surface area contributed by atoms with Gasteiger partial charge in [0, 0.05) is 27.4 Å². The maximum Gasteiger partial charge on any atom is 0.500 e. The molecule has 0 aromatic rings. The number of carbonyl (C=O) groups excluding carboxylic acids is 1. The number of hydrogen-bond acceptors (Lipinski definition) is 6. The molecule has 1 aliphatic rings. The van der Waals surface area contributed by atoms with Crippen LogP contribution in [0.15, 0.2) is 0 Å². The van der Waals surface area contributed by atoms with Crippen molar-refractivity contribution in [3.05, 3.63) is 0 Å². The molecule has 0 amide bonds. The molecule has 0 radical (unpaired) electrons. The summed E-state index contributed by atoms with van der Waals surface area (Å²) in [6.45, 7) is 2.32. The van der Waals surface area contributed by atoms with E-state index in [-0.39, 0.29) is 6.54 Å². The van der Waals surface area contributed by atoms with Crippen LogP contribution in [0.1, 0.15) is 6.42 Å². The summed E-state index contributed by atoms with van der Waals surface area (Å²) in [7, 11) is 2.31. The zero-order valence-electron chi connectivity index (χ0n) is 11.8. The van der Waals surface area contributed by atoms with E-state index < -0.39 is 14.8 Å². The molecule has 19 heavy (non-hydrogen) atoms. The largest absolute Gasteiger partial charge is 0.546 e. The lowest BCUT2D eigenvalue weighted by Gasteiger charge is -2.24. The minimum Gasteiger partial charge on any atom is -0.546 e. The minimum absolute atomic E-state index is 0.0522. The summed E-state index contributed by atoms with van der Waals surface area (Å²) < 4.78 is 17.8. The zero-order valence-corrected chi connectivity index (χ0v) is 12.8. The minimum atomic E-state index is -2.49. The van der Waals surface area contributed by atoms with Crippen LogP contribution in [0.4, 0.5) is 0 Å². The Morgan fingerprint density at radius 2 is 2.00 bits per heavy atom. The molecule has 0 fully saturated rings. The molecule has 0 unspecified atom stereocenters. The average molecular weight is 290 g/mol. The van der Waals surface area contributed by atoms with Crippen molar-refractivity contribution in [2.75, 3.05) is 47.5 Å². The van der Waals surface area contributed by atoms with Gasteiger partial charge in [0.15, 0.2) is 0 Å². The van der Waals surface area contributed by atoms with Crippen LogP contribution >= 0.6 is 0 Å². The van der Waals surface area contributed by atoms with E-state index in [9.17, 15) is 9.90 Å². The van der Waals surface area contributed by atoms with Gasteiger partial charge in [-0.25, -0.2) is 0 Å². The monoisotopic (exact) mass is 290 g/mol. The molecule has 110 valence electrons. The molecule has 0 aromatic carbocycles.